The maximum Gasteiger partial charge on any atom is 0.313 e. The van der Waals surface area contributed by atoms with Crippen LogP contribution in [0.1, 0.15) is 112 Å². The standard InChI is InChI=1S/C39H54O5/c1-24-14-19-39(34(42)43-23-27-12-10-9-11-13-27)21-20-37(7)28(32(39)25(24)2)22-29(41)33-36(6)17-16-31(44-26(3)40)35(4,5)30(36)15-18-38(33,37)8/h9-13,22,24-25,30-33H,14-21,23H2,1-8H3/t24-,25+,30+,31-,32+,33-,36+,37-,38-,39+/m1/s1. The van der Waals surface area contributed by atoms with E-state index in [1.54, 1.807) is 0 Å². The number of hydrogen-bond acceptors (Lipinski definition) is 5. The Bertz CT molecular complexity index is 1360. The second kappa shape index (κ2) is 10.6. The van der Waals surface area contributed by atoms with E-state index >= 15 is 0 Å². The molecule has 240 valence electrons. The number of ketones is 1. The molecule has 0 aliphatic heterocycles. The monoisotopic (exact) mass is 602 g/mol. The number of hydrogen-bond donors (Lipinski definition) is 0. The minimum Gasteiger partial charge on any atom is -0.462 e. The van der Waals surface area contributed by atoms with Crippen molar-refractivity contribution >= 4 is 17.7 Å². The van der Waals surface area contributed by atoms with Gasteiger partial charge >= 0.3 is 11.9 Å². The lowest BCUT2D eigenvalue weighted by atomic mass is 9.33. The summed E-state index contributed by atoms with van der Waals surface area (Å²) < 4.78 is 12.0. The third kappa shape index (κ3) is 4.33. The van der Waals surface area contributed by atoms with Gasteiger partial charge in [0.25, 0.3) is 0 Å². The quantitative estimate of drug-likeness (QED) is 0.323. The average molecular weight is 603 g/mol. The van der Waals surface area contributed by atoms with Crippen molar-refractivity contribution in [2.24, 2.45) is 56.7 Å². The lowest BCUT2D eigenvalue weighted by Crippen LogP contribution is -2.67. The Kier molecular flexibility index (Phi) is 7.57. The summed E-state index contributed by atoms with van der Waals surface area (Å²) in [6.45, 7) is 18.1. The van der Waals surface area contributed by atoms with Gasteiger partial charge in [0.2, 0.25) is 0 Å². The molecule has 6 rings (SSSR count). The summed E-state index contributed by atoms with van der Waals surface area (Å²) in [5.74, 6) is 0.941. The van der Waals surface area contributed by atoms with Crippen molar-refractivity contribution in [1.29, 1.82) is 0 Å². The third-order valence-corrected chi connectivity index (χ3v) is 14.6. The van der Waals surface area contributed by atoms with E-state index in [-0.39, 0.29) is 75.8 Å². The summed E-state index contributed by atoms with van der Waals surface area (Å²) in [7, 11) is 0. The van der Waals surface area contributed by atoms with Crippen molar-refractivity contribution in [2.45, 2.75) is 119 Å². The molecule has 5 nitrogen and oxygen atoms in total. The topological polar surface area (TPSA) is 69.7 Å². The van der Waals surface area contributed by atoms with E-state index in [9.17, 15) is 14.4 Å². The third-order valence-electron chi connectivity index (χ3n) is 14.6. The lowest BCUT2D eigenvalue weighted by Gasteiger charge is -2.70. The minimum atomic E-state index is -0.583. The van der Waals surface area contributed by atoms with Gasteiger partial charge < -0.3 is 9.47 Å². The molecular formula is C39H54O5. The van der Waals surface area contributed by atoms with Crippen LogP contribution in [0.3, 0.4) is 0 Å². The Morgan fingerprint density at radius 1 is 0.886 bits per heavy atom. The highest BCUT2D eigenvalue weighted by Gasteiger charge is 2.71. The molecule has 4 saturated carbocycles. The molecule has 1 aromatic carbocycles. The predicted octanol–water partition coefficient (Wildman–Crippen LogP) is 8.50. The van der Waals surface area contributed by atoms with E-state index in [2.05, 4.69) is 48.5 Å². The molecule has 5 heteroatoms. The summed E-state index contributed by atoms with van der Waals surface area (Å²) in [5, 5.41) is 0. The van der Waals surface area contributed by atoms with Crippen LogP contribution in [0, 0.1) is 56.7 Å². The molecule has 10 atom stereocenters. The Morgan fingerprint density at radius 3 is 2.27 bits per heavy atom. The van der Waals surface area contributed by atoms with Crippen molar-refractivity contribution in [3.8, 4) is 0 Å². The van der Waals surface area contributed by atoms with Gasteiger partial charge in [-0.15, -0.1) is 0 Å². The van der Waals surface area contributed by atoms with Crippen LogP contribution in [0.4, 0.5) is 0 Å². The molecule has 0 bridgehead atoms. The van der Waals surface area contributed by atoms with E-state index in [1.165, 1.54) is 12.5 Å². The summed E-state index contributed by atoms with van der Waals surface area (Å²) in [6.07, 6.45) is 9.13. The fraction of sp³-hybridized carbons (Fsp3) is 0.718. The lowest BCUT2D eigenvalue weighted by molar-refractivity contribution is -0.212. The van der Waals surface area contributed by atoms with Crippen LogP contribution in [0.2, 0.25) is 0 Å². The molecule has 5 aliphatic rings. The maximum atomic E-state index is 14.7. The number of carbonyl (C=O) groups is 3. The molecule has 4 fully saturated rings. The van der Waals surface area contributed by atoms with Crippen molar-refractivity contribution in [3.63, 3.8) is 0 Å². The largest absolute Gasteiger partial charge is 0.462 e. The van der Waals surface area contributed by atoms with Gasteiger partial charge in [-0.2, -0.15) is 0 Å². The fourth-order valence-corrected chi connectivity index (χ4v) is 11.9. The van der Waals surface area contributed by atoms with Crippen LogP contribution in [0.25, 0.3) is 0 Å². The van der Waals surface area contributed by atoms with E-state index in [0.29, 0.717) is 5.92 Å². The van der Waals surface area contributed by atoms with Gasteiger partial charge in [0, 0.05) is 18.3 Å². The maximum absolute atomic E-state index is 14.7. The highest BCUT2D eigenvalue weighted by molar-refractivity contribution is 5.96. The Balaban J connectivity index is 1.39. The molecule has 0 aromatic heterocycles. The molecule has 5 aliphatic carbocycles. The molecule has 0 heterocycles. The summed E-state index contributed by atoms with van der Waals surface area (Å²) >= 11 is 0. The van der Waals surface area contributed by atoms with Gasteiger partial charge in [-0.1, -0.05) is 84.4 Å². The first-order valence-corrected chi connectivity index (χ1v) is 17.3. The number of carbonyl (C=O) groups excluding carboxylic acids is 3. The molecule has 1 aromatic rings. The Labute approximate surface area is 264 Å². The Morgan fingerprint density at radius 2 is 1.59 bits per heavy atom. The van der Waals surface area contributed by atoms with Crippen molar-refractivity contribution in [2.75, 3.05) is 0 Å². The molecule has 0 saturated heterocycles. The molecular weight excluding hydrogens is 548 g/mol. The second-order valence-electron chi connectivity index (χ2n) is 16.8. The van der Waals surface area contributed by atoms with Crippen LogP contribution >= 0.6 is 0 Å². The zero-order valence-corrected chi connectivity index (χ0v) is 28.3. The number of ether oxygens (including phenoxy) is 2. The fourth-order valence-electron chi connectivity index (χ4n) is 11.9. The smallest absolute Gasteiger partial charge is 0.313 e. The van der Waals surface area contributed by atoms with Gasteiger partial charge in [0.05, 0.1) is 5.41 Å². The van der Waals surface area contributed by atoms with Crippen LogP contribution in [0.5, 0.6) is 0 Å². The number of allylic oxidation sites excluding steroid dienone is 2. The van der Waals surface area contributed by atoms with Gasteiger partial charge in [-0.05, 0) is 103 Å². The van der Waals surface area contributed by atoms with Crippen LogP contribution < -0.4 is 0 Å². The van der Waals surface area contributed by atoms with Gasteiger partial charge in [-0.25, -0.2) is 0 Å². The van der Waals surface area contributed by atoms with Crippen LogP contribution in [0.15, 0.2) is 42.0 Å². The summed E-state index contributed by atoms with van der Waals surface area (Å²) in [6, 6.07) is 9.96. The summed E-state index contributed by atoms with van der Waals surface area (Å²) in [5.41, 5.74) is 0.899. The predicted molar refractivity (Wildman–Crippen MR) is 171 cm³/mol. The molecule has 44 heavy (non-hydrogen) atoms. The van der Waals surface area contributed by atoms with Crippen molar-refractivity contribution in [3.05, 3.63) is 47.5 Å². The number of fused-ring (bicyclic) bond motifs is 7. The SMILES string of the molecule is CC(=O)O[C@@H]1CC[C@]2(C)[C@H]3C(=O)C=C4[C@@H]5[C@@H](C)[C@H](C)CC[C@]5(C(=O)OCc5ccccc5)CC[C@@]4(C)[C@]3(C)CC[C@H]2C1(C)C. The first kappa shape index (κ1) is 31.5. The zero-order valence-electron chi connectivity index (χ0n) is 28.3. The highest BCUT2D eigenvalue weighted by atomic mass is 16.5. The van der Waals surface area contributed by atoms with Gasteiger partial charge in [0.1, 0.15) is 12.7 Å². The molecule has 0 N–H and O–H groups in total. The van der Waals surface area contributed by atoms with Crippen molar-refractivity contribution in [1.82, 2.24) is 0 Å². The second-order valence-corrected chi connectivity index (χ2v) is 16.8. The number of benzene rings is 1. The number of esters is 2. The highest BCUT2D eigenvalue weighted by Crippen LogP contribution is 2.75. The first-order chi connectivity index (χ1) is 20.6. The average Bonchev–Trinajstić information content (AvgIpc) is 2.96. The molecule has 0 spiro atoms. The van der Waals surface area contributed by atoms with Crippen LogP contribution in [-0.4, -0.2) is 23.8 Å². The molecule has 0 amide bonds. The molecule has 0 unspecified atom stereocenters. The number of rotatable bonds is 4. The van der Waals surface area contributed by atoms with E-state index in [4.69, 9.17) is 9.47 Å². The Hall–Kier alpha value is -2.43. The summed E-state index contributed by atoms with van der Waals surface area (Å²) in [4.78, 5) is 41.0. The van der Waals surface area contributed by atoms with E-state index in [0.717, 1.165) is 56.9 Å². The molecule has 0 radical (unpaired) electrons. The van der Waals surface area contributed by atoms with Crippen molar-refractivity contribution < 1.29 is 23.9 Å². The van der Waals surface area contributed by atoms with Gasteiger partial charge in [0.15, 0.2) is 5.78 Å². The van der Waals surface area contributed by atoms with Gasteiger partial charge in [-0.3, -0.25) is 14.4 Å². The van der Waals surface area contributed by atoms with E-state index < -0.39 is 5.41 Å². The minimum absolute atomic E-state index is 0.0108. The van der Waals surface area contributed by atoms with Crippen LogP contribution in [-0.2, 0) is 30.5 Å². The first-order valence-electron chi connectivity index (χ1n) is 17.3. The zero-order chi connectivity index (χ0) is 31.9. The normalized spacial score (nSPS) is 44.2. The van der Waals surface area contributed by atoms with E-state index in [1.807, 2.05) is 36.4 Å².